The molecule has 94 valence electrons. The third-order valence-electron chi connectivity index (χ3n) is 2.32. The highest BCUT2D eigenvalue weighted by atomic mass is 19.1. The maximum atomic E-state index is 13.4. The zero-order chi connectivity index (χ0) is 13.3. The van der Waals surface area contributed by atoms with Crippen LogP contribution < -0.4 is 11.1 Å². The van der Waals surface area contributed by atoms with Gasteiger partial charge in [-0.1, -0.05) is 0 Å². The van der Waals surface area contributed by atoms with Crippen molar-refractivity contribution in [2.24, 2.45) is 0 Å². The second kappa shape index (κ2) is 4.48. The number of hydrogen-bond donors (Lipinski definition) is 2. The van der Waals surface area contributed by atoms with Crippen molar-refractivity contribution < 1.29 is 18.0 Å². The summed E-state index contributed by atoms with van der Waals surface area (Å²) >= 11 is 0. The van der Waals surface area contributed by atoms with Crippen LogP contribution in [-0.4, -0.2) is 5.91 Å². The van der Waals surface area contributed by atoms with Gasteiger partial charge in [-0.25, -0.2) is 8.78 Å². The van der Waals surface area contributed by atoms with Crippen molar-refractivity contribution in [1.29, 1.82) is 0 Å². The lowest BCUT2D eigenvalue weighted by Crippen LogP contribution is -2.14. The molecule has 18 heavy (non-hydrogen) atoms. The highest BCUT2D eigenvalue weighted by Crippen LogP contribution is 2.24. The molecule has 1 aromatic heterocycles. The van der Waals surface area contributed by atoms with E-state index in [1.54, 1.807) is 6.92 Å². The van der Waals surface area contributed by atoms with Gasteiger partial charge in [0.2, 0.25) is 0 Å². The molecule has 2 aromatic rings. The Balaban J connectivity index is 2.27. The number of carbonyl (C=O) groups excluding carboxylic acids is 1. The average Bonchev–Trinajstić information content (AvgIpc) is 2.70. The number of furan rings is 1. The van der Waals surface area contributed by atoms with Crippen molar-refractivity contribution in [3.63, 3.8) is 0 Å². The van der Waals surface area contributed by atoms with E-state index in [9.17, 15) is 13.6 Å². The number of amides is 1. The van der Waals surface area contributed by atoms with Gasteiger partial charge < -0.3 is 15.5 Å². The smallest absolute Gasteiger partial charge is 0.259 e. The van der Waals surface area contributed by atoms with Gasteiger partial charge in [-0.05, 0) is 19.1 Å². The summed E-state index contributed by atoms with van der Waals surface area (Å²) in [4.78, 5) is 11.7. The number of nitrogens with one attached hydrogen (secondary N) is 1. The third-order valence-corrected chi connectivity index (χ3v) is 2.32. The minimum absolute atomic E-state index is 0.180. The van der Waals surface area contributed by atoms with Gasteiger partial charge in [-0.2, -0.15) is 0 Å². The summed E-state index contributed by atoms with van der Waals surface area (Å²) in [7, 11) is 0. The highest BCUT2D eigenvalue weighted by molar-refractivity contribution is 6.05. The van der Waals surface area contributed by atoms with Crippen molar-refractivity contribution in [2.75, 3.05) is 11.1 Å². The van der Waals surface area contributed by atoms with Crippen molar-refractivity contribution in [3.8, 4) is 0 Å². The fourth-order valence-electron chi connectivity index (χ4n) is 1.47. The summed E-state index contributed by atoms with van der Waals surface area (Å²) in [6.45, 7) is 1.67. The lowest BCUT2D eigenvalue weighted by molar-refractivity contribution is 0.102. The van der Waals surface area contributed by atoms with Gasteiger partial charge in [0, 0.05) is 6.07 Å². The predicted molar refractivity (Wildman–Crippen MR) is 62.2 cm³/mol. The third kappa shape index (κ3) is 2.32. The molecule has 0 saturated carbocycles. The summed E-state index contributed by atoms with van der Waals surface area (Å²) in [5, 5.41) is 2.27. The molecule has 0 spiro atoms. The minimum atomic E-state index is -0.930. The van der Waals surface area contributed by atoms with Crippen LogP contribution >= 0.6 is 0 Å². The van der Waals surface area contributed by atoms with E-state index < -0.39 is 17.5 Å². The van der Waals surface area contributed by atoms with Gasteiger partial charge in [-0.3, -0.25) is 4.79 Å². The standard InChI is InChI=1S/C12H10F2N2O2/c1-6-2-7(5-18-6)12(17)16-11-9(14)3-8(13)4-10(11)15/h2-5H,15H2,1H3,(H,16,17). The summed E-state index contributed by atoms with van der Waals surface area (Å²) in [6, 6.07) is 3.07. The molecule has 0 bridgehead atoms. The predicted octanol–water partition coefficient (Wildman–Crippen LogP) is 2.70. The molecule has 4 nitrogen and oxygen atoms in total. The van der Waals surface area contributed by atoms with Crippen LogP contribution in [0.25, 0.3) is 0 Å². The van der Waals surface area contributed by atoms with Crippen molar-refractivity contribution in [3.05, 3.63) is 47.4 Å². The molecule has 1 amide bonds. The Bertz CT molecular complexity index is 585. The largest absolute Gasteiger partial charge is 0.469 e. The first-order valence-electron chi connectivity index (χ1n) is 5.08. The van der Waals surface area contributed by atoms with Crippen LogP contribution in [-0.2, 0) is 0 Å². The molecule has 0 saturated heterocycles. The molecule has 1 aromatic carbocycles. The normalized spacial score (nSPS) is 10.4. The Hall–Kier alpha value is -2.37. The SMILES string of the molecule is Cc1cc(C(=O)Nc2c(N)cc(F)cc2F)co1. The van der Waals surface area contributed by atoms with Crippen LogP contribution in [0.5, 0.6) is 0 Å². The maximum absolute atomic E-state index is 13.4. The molecular weight excluding hydrogens is 242 g/mol. The average molecular weight is 252 g/mol. The van der Waals surface area contributed by atoms with Crippen LogP contribution in [0, 0.1) is 18.6 Å². The zero-order valence-electron chi connectivity index (χ0n) is 9.46. The van der Waals surface area contributed by atoms with Gasteiger partial charge in [0.1, 0.15) is 23.5 Å². The first-order chi connectivity index (χ1) is 8.47. The van der Waals surface area contributed by atoms with Crippen LogP contribution in [0.15, 0.2) is 28.9 Å². The summed E-state index contributed by atoms with van der Waals surface area (Å²) in [5.41, 5.74) is 5.24. The maximum Gasteiger partial charge on any atom is 0.259 e. The molecule has 2 rings (SSSR count). The Kier molecular flexibility index (Phi) is 3.01. The molecule has 0 fully saturated rings. The van der Waals surface area contributed by atoms with E-state index in [1.807, 2.05) is 0 Å². The van der Waals surface area contributed by atoms with Gasteiger partial charge >= 0.3 is 0 Å². The van der Waals surface area contributed by atoms with E-state index >= 15 is 0 Å². The first kappa shape index (κ1) is 12.1. The first-order valence-corrected chi connectivity index (χ1v) is 5.08. The number of hydrogen-bond acceptors (Lipinski definition) is 3. The molecule has 1 heterocycles. The van der Waals surface area contributed by atoms with Gasteiger partial charge in [0.15, 0.2) is 5.82 Å². The number of aryl methyl sites for hydroxylation is 1. The van der Waals surface area contributed by atoms with Gasteiger partial charge in [-0.15, -0.1) is 0 Å². The fraction of sp³-hybridized carbons (Fsp3) is 0.0833. The van der Waals surface area contributed by atoms with E-state index in [1.165, 1.54) is 12.3 Å². The molecule has 6 heteroatoms. The lowest BCUT2D eigenvalue weighted by atomic mass is 10.2. The molecular formula is C12H10F2N2O2. The topological polar surface area (TPSA) is 68.3 Å². The van der Waals surface area contributed by atoms with E-state index in [4.69, 9.17) is 10.2 Å². The molecule has 0 atom stereocenters. The second-order valence-corrected chi connectivity index (χ2v) is 3.75. The van der Waals surface area contributed by atoms with Crippen LogP contribution in [0.4, 0.5) is 20.2 Å². The monoisotopic (exact) mass is 252 g/mol. The second-order valence-electron chi connectivity index (χ2n) is 3.75. The van der Waals surface area contributed by atoms with Crippen molar-refractivity contribution in [2.45, 2.75) is 6.92 Å². The lowest BCUT2D eigenvalue weighted by Gasteiger charge is -2.08. The quantitative estimate of drug-likeness (QED) is 0.807. The molecule has 0 aliphatic rings. The fourth-order valence-corrected chi connectivity index (χ4v) is 1.47. The highest BCUT2D eigenvalue weighted by Gasteiger charge is 2.14. The number of carbonyl (C=O) groups is 1. The van der Waals surface area contributed by atoms with E-state index in [0.29, 0.717) is 11.8 Å². The molecule has 0 unspecified atom stereocenters. The summed E-state index contributed by atoms with van der Waals surface area (Å²) < 4.78 is 31.2. The van der Waals surface area contributed by atoms with Gasteiger partial charge in [0.05, 0.1) is 11.3 Å². The number of nitrogens with two attached hydrogens (primary N) is 1. The van der Waals surface area contributed by atoms with Crippen LogP contribution in [0.1, 0.15) is 16.1 Å². The number of nitrogen functional groups attached to an aromatic ring is 1. The minimum Gasteiger partial charge on any atom is -0.469 e. The van der Waals surface area contributed by atoms with Gasteiger partial charge in [0.25, 0.3) is 5.91 Å². The van der Waals surface area contributed by atoms with Crippen molar-refractivity contribution >= 4 is 17.3 Å². The van der Waals surface area contributed by atoms with Crippen LogP contribution in [0.3, 0.4) is 0 Å². The molecule has 0 radical (unpaired) electrons. The Labute approximate surface area is 101 Å². The number of rotatable bonds is 2. The number of halogens is 2. The molecule has 0 aliphatic heterocycles. The van der Waals surface area contributed by atoms with E-state index in [-0.39, 0.29) is 16.9 Å². The molecule has 3 N–H and O–H groups in total. The summed E-state index contributed by atoms with van der Waals surface area (Å²) in [5.74, 6) is -1.76. The number of benzene rings is 1. The Morgan fingerprint density at radius 2 is 2.06 bits per heavy atom. The van der Waals surface area contributed by atoms with E-state index in [2.05, 4.69) is 5.32 Å². The van der Waals surface area contributed by atoms with Crippen LogP contribution in [0.2, 0.25) is 0 Å². The molecule has 0 aliphatic carbocycles. The Morgan fingerprint density at radius 3 is 2.61 bits per heavy atom. The Morgan fingerprint density at radius 1 is 1.33 bits per heavy atom. The van der Waals surface area contributed by atoms with E-state index in [0.717, 1.165) is 6.07 Å². The number of anilines is 2. The zero-order valence-corrected chi connectivity index (χ0v) is 9.46. The summed E-state index contributed by atoms with van der Waals surface area (Å²) in [6.07, 6.45) is 1.24. The van der Waals surface area contributed by atoms with Crippen molar-refractivity contribution in [1.82, 2.24) is 0 Å².